The molecule has 0 saturated heterocycles. The summed E-state index contributed by atoms with van der Waals surface area (Å²) in [6, 6.07) is 5.07. The Morgan fingerprint density at radius 3 is 2.76 bits per heavy atom. The van der Waals surface area contributed by atoms with E-state index in [4.69, 9.17) is 0 Å². The molecule has 1 heterocycles. The van der Waals surface area contributed by atoms with Crippen LogP contribution < -0.4 is 5.32 Å². The standard InChI is InChI=1S/C15H25NS/c1-12(10-13-6-4-7-13)16-11-15(2,3)14-8-5-9-17-14/h5,8-9,12-13,16H,4,6-7,10-11H2,1-3H3. The lowest BCUT2D eigenvalue weighted by Gasteiger charge is -2.31. The molecule has 1 aliphatic rings. The molecule has 17 heavy (non-hydrogen) atoms. The molecule has 1 aliphatic carbocycles. The van der Waals surface area contributed by atoms with Crippen LogP contribution >= 0.6 is 11.3 Å². The van der Waals surface area contributed by atoms with E-state index in [0.29, 0.717) is 6.04 Å². The smallest absolute Gasteiger partial charge is 0.0115 e. The van der Waals surface area contributed by atoms with Crippen molar-refractivity contribution in [3.8, 4) is 0 Å². The summed E-state index contributed by atoms with van der Waals surface area (Å²) in [7, 11) is 0. The van der Waals surface area contributed by atoms with E-state index in [-0.39, 0.29) is 5.41 Å². The maximum absolute atomic E-state index is 3.72. The first-order valence-corrected chi connectivity index (χ1v) is 7.73. The van der Waals surface area contributed by atoms with Gasteiger partial charge in [0.05, 0.1) is 0 Å². The normalized spacial score (nSPS) is 19.0. The lowest BCUT2D eigenvalue weighted by Crippen LogP contribution is -2.38. The fourth-order valence-electron chi connectivity index (χ4n) is 2.49. The molecular formula is C15H25NS. The molecule has 0 aromatic carbocycles. The van der Waals surface area contributed by atoms with E-state index in [9.17, 15) is 0 Å². The van der Waals surface area contributed by atoms with Gasteiger partial charge in [0.25, 0.3) is 0 Å². The van der Waals surface area contributed by atoms with Gasteiger partial charge in [-0.2, -0.15) is 0 Å². The number of rotatable bonds is 6. The molecule has 1 saturated carbocycles. The summed E-state index contributed by atoms with van der Waals surface area (Å²) in [5.74, 6) is 1.00. The summed E-state index contributed by atoms with van der Waals surface area (Å²) in [6.07, 6.45) is 5.74. The van der Waals surface area contributed by atoms with Crippen molar-refractivity contribution in [3.05, 3.63) is 22.4 Å². The first kappa shape index (κ1) is 13.1. The van der Waals surface area contributed by atoms with Gasteiger partial charge in [0, 0.05) is 22.9 Å². The third-order valence-corrected chi connectivity index (χ3v) is 5.23. The molecule has 1 aromatic heterocycles. The van der Waals surface area contributed by atoms with Crippen LogP contribution in [0, 0.1) is 5.92 Å². The second-order valence-electron chi connectivity index (χ2n) is 6.18. The minimum Gasteiger partial charge on any atom is -0.313 e. The molecule has 1 nitrogen and oxygen atoms in total. The number of hydrogen-bond donors (Lipinski definition) is 1. The van der Waals surface area contributed by atoms with Crippen LogP contribution in [0.4, 0.5) is 0 Å². The van der Waals surface area contributed by atoms with Crippen LogP contribution in [0.15, 0.2) is 17.5 Å². The number of thiophene rings is 1. The van der Waals surface area contributed by atoms with E-state index in [1.54, 1.807) is 0 Å². The van der Waals surface area contributed by atoms with Crippen LogP contribution in [0.2, 0.25) is 0 Å². The molecule has 0 bridgehead atoms. The van der Waals surface area contributed by atoms with E-state index in [2.05, 4.69) is 43.6 Å². The van der Waals surface area contributed by atoms with Crippen molar-refractivity contribution in [1.82, 2.24) is 5.32 Å². The van der Waals surface area contributed by atoms with Gasteiger partial charge in [-0.15, -0.1) is 11.3 Å². The quantitative estimate of drug-likeness (QED) is 0.799. The highest BCUT2D eigenvalue weighted by molar-refractivity contribution is 7.10. The van der Waals surface area contributed by atoms with E-state index >= 15 is 0 Å². The summed E-state index contributed by atoms with van der Waals surface area (Å²) in [6.45, 7) is 8.09. The van der Waals surface area contributed by atoms with Crippen molar-refractivity contribution in [3.63, 3.8) is 0 Å². The highest BCUT2D eigenvalue weighted by Crippen LogP contribution is 2.31. The third kappa shape index (κ3) is 3.56. The van der Waals surface area contributed by atoms with Crippen LogP contribution in [0.5, 0.6) is 0 Å². The zero-order chi connectivity index (χ0) is 12.3. The number of nitrogens with one attached hydrogen (secondary N) is 1. The van der Waals surface area contributed by atoms with Crippen molar-refractivity contribution >= 4 is 11.3 Å². The summed E-state index contributed by atoms with van der Waals surface area (Å²) in [5.41, 5.74) is 0.266. The first-order valence-electron chi connectivity index (χ1n) is 6.85. The Kier molecular flexibility index (Phi) is 4.26. The van der Waals surface area contributed by atoms with Gasteiger partial charge in [0.15, 0.2) is 0 Å². The predicted octanol–water partition coefficient (Wildman–Crippen LogP) is 4.19. The van der Waals surface area contributed by atoms with Gasteiger partial charge < -0.3 is 5.32 Å². The molecule has 1 fully saturated rings. The van der Waals surface area contributed by atoms with Gasteiger partial charge in [0.2, 0.25) is 0 Å². The van der Waals surface area contributed by atoms with Crippen LogP contribution in [0.1, 0.15) is 51.3 Å². The van der Waals surface area contributed by atoms with Gasteiger partial charge >= 0.3 is 0 Å². The summed E-state index contributed by atoms with van der Waals surface area (Å²) in [4.78, 5) is 1.49. The Hall–Kier alpha value is -0.340. The zero-order valence-electron chi connectivity index (χ0n) is 11.3. The van der Waals surface area contributed by atoms with Crippen molar-refractivity contribution in [2.24, 2.45) is 5.92 Å². The van der Waals surface area contributed by atoms with Crippen molar-refractivity contribution in [2.45, 2.75) is 57.9 Å². The second-order valence-corrected chi connectivity index (χ2v) is 7.12. The molecule has 1 N–H and O–H groups in total. The molecule has 96 valence electrons. The minimum atomic E-state index is 0.266. The highest BCUT2D eigenvalue weighted by Gasteiger charge is 2.24. The molecule has 1 unspecified atom stereocenters. The Labute approximate surface area is 110 Å². The molecule has 0 spiro atoms. The van der Waals surface area contributed by atoms with E-state index in [1.165, 1.54) is 30.6 Å². The Bertz CT molecular complexity index is 325. The van der Waals surface area contributed by atoms with Gasteiger partial charge in [-0.05, 0) is 30.7 Å². The highest BCUT2D eigenvalue weighted by atomic mass is 32.1. The molecule has 2 rings (SSSR count). The second kappa shape index (κ2) is 5.53. The third-order valence-electron chi connectivity index (χ3n) is 3.99. The molecule has 2 heteroatoms. The topological polar surface area (TPSA) is 12.0 Å². The lowest BCUT2D eigenvalue weighted by atomic mass is 9.81. The fraction of sp³-hybridized carbons (Fsp3) is 0.733. The summed E-state index contributed by atoms with van der Waals surface area (Å²) < 4.78 is 0. The predicted molar refractivity (Wildman–Crippen MR) is 76.8 cm³/mol. The van der Waals surface area contributed by atoms with E-state index < -0.39 is 0 Å². The van der Waals surface area contributed by atoms with Crippen LogP contribution in [0.3, 0.4) is 0 Å². The Balaban J connectivity index is 1.76. The van der Waals surface area contributed by atoms with E-state index in [0.717, 1.165) is 12.5 Å². The molecular weight excluding hydrogens is 226 g/mol. The molecule has 1 atom stereocenters. The molecule has 1 aromatic rings. The van der Waals surface area contributed by atoms with Gasteiger partial charge in [-0.1, -0.05) is 39.2 Å². The lowest BCUT2D eigenvalue weighted by molar-refractivity contribution is 0.261. The largest absolute Gasteiger partial charge is 0.313 e. The van der Waals surface area contributed by atoms with Crippen molar-refractivity contribution in [1.29, 1.82) is 0 Å². The average Bonchev–Trinajstić information content (AvgIpc) is 2.74. The molecule has 0 radical (unpaired) electrons. The molecule has 0 amide bonds. The summed E-state index contributed by atoms with van der Waals surface area (Å²) >= 11 is 1.87. The van der Waals surface area contributed by atoms with Gasteiger partial charge in [-0.3, -0.25) is 0 Å². The maximum Gasteiger partial charge on any atom is 0.0115 e. The van der Waals surface area contributed by atoms with E-state index in [1.807, 2.05) is 11.3 Å². The fourth-order valence-corrected chi connectivity index (χ4v) is 3.34. The van der Waals surface area contributed by atoms with Crippen molar-refractivity contribution in [2.75, 3.05) is 6.54 Å². The Morgan fingerprint density at radius 2 is 2.24 bits per heavy atom. The maximum atomic E-state index is 3.72. The minimum absolute atomic E-state index is 0.266. The average molecular weight is 251 g/mol. The van der Waals surface area contributed by atoms with Gasteiger partial charge in [0.1, 0.15) is 0 Å². The first-order chi connectivity index (χ1) is 8.08. The molecule has 0 aliphatic heterocycles. The summed E-state index contributed by atoms with van der Waals surface area (Å²) in [5, 5.41) is 5.89. The monoisotopic (exact) mass is 251 g/mol. The Morgan fingerprint density at radius 1 is 1.47 bits per heavy atom. The van der Waals surface area contributed by atoms with Crippen LogP contribution in [-0.2, 0) is 5.41 Å². The number of hydrogen-bond acceptors (Lipinski definition) is 2. The zero-order valence-corrected chi connectivity index (χ0v) is 12.1. The SMILES string of the molecule is CC(CC1CCC1)NCC(C)(C)c1cccs1. The van der Waals surface area contributed by atoms with Crippen LogP contribution in [-0.4, -0.2) is 12.6 Å². The van der Waals surface area contributed by atoms with Gasteiger partial charge in [-0.25, -0.2) is 0 Å². The van der Waals surface area contributed by atoms with Crippen LogP contribution in [0.25, 0.3) is 0 Å². The van der Waals surface area contributed by atoms with Crippen molar-refractivity contribution < 1.29 is 0 Å².